The number of halogens is 1. The van der Waals surface area contributed by atoms with Gasteiger partial charge in [-0.3, -0.25) is 0 Å². The molecule has 1 N–H and O–H groups in total. The lowest BCUT2D eigenvalue weighted by atomic mass is 10.2. The second-order valence-corrected chi connectivity index (χ2v) is 4.37. The van der Waals surface area contributed by atoms with E-state index in [-0.39, 0.29) is 5.82 Å². The van der Waals surface area contributed by atoms with Crippen molar-refractivity contribution in [2.45, 2.75) is 25.4 Å². The second kappa shape index (κ2) is 4.19. The first-order chi connectivity index (χ1) is 7.15. The predicted octanol–water partition coefficient (Wildman–Crippen LogP) is 2.14. The van der Waals surface area contributed by atoms with Crippen LogP contribution >= 0.6 is 0 Å². The lowest BCUT2D eigenvalue weighted by Gasteiger charge is -2.14. The van der Waals surface area contributed by atoms with Crippen molar-refractivity contribution in [3.63, 3.8) is 0 Å². The Hall–Kier alpha value is -1.09. The summed E-state index contributed by atoms with van der Waals surface area (Å²) in [5.74, 6) is -0.159. The first-order valence-electron chi connectivity index (χ1n) is 5.35. The zero-order chi connectivity index (χ0) is 10.8. The van der Waals surface area contributed by atoms with Gasteiger partial charge in [-0.2, -0.15) is 0 Å². The summed E-state index contributed by atoms with van der Waals surface area (Å²) in [6.45, 7) is 0.767. The van der Waals surface area contributed by atoms with Crippen molar-refractivity contribution in [1.82, 2.24) is 5.32 Å². The van der Waals surface area contributed by atoms with Crippen LogP contribution in [-0.4, -0.2) is 20.1 Å². The Morgan fingerprint density at radius 3 is 2.67 bits per heavy atom. The van der Waals surface area contributed by atoms with Gasteiger partial charge >= 0.3 is 0 Å². The summed E-state index contributed by atoms with van der Waals surface area (Å²) in [5.41, 5.74) is 1.94. The largest absolute Gasteiger partial charge is 0.378 e. The molecule has 0 aliphatic heterocycles. The number of nitrogens with zero attached hydrogens (tertiary/aromatic N) is 1. The highest BCUT2D eigenvalue weighted by Gasteiger charge is 2.20. The Bertz CT molecular complexity index is 345. The number of hydrogen-bond donors (Lipinski definition) is 1. The highest BCUT2D eigenvalue weighted by molar-refractivity contribution is 5.47. The maximum absolute atomic E-state index is 13.3. The molecule has 15 heavy (non-hydrogen) atoms. The lowest BCUT2D eigenvalue weighted by Crippen LogP contribution is -2.16. The maximum Gasteiger partial charge on any atom is 0.125 e. The number of benzene rings is 1. The number of hydrogen-bond acceptors (Lipinski definition) is 2. The highest BCUT2D eigenvalue weighted by atomic mass is 19.1. The Morgan fingerprint density at radius 2 is 2.07 bits per heavy atom. The van der Waals surface area contributed by atoms with E-state index >= 15 is 0 Å². The van der Waals surface area contributed by atoms with Crippen LogP contribution in [0.25, 0.3) is 0 Å². The fraction of sp³-hybridized carbons (Fsp3) is 0.500. The quantitative estimate of drug-likeness (QED) is 0.815. The van der Waals surface area contributed by atoms with Crippen LogP contribution in [0.5, 0.6) is 0 Å². The first kappa shape index (κ1) is 10.4. The van der Waals surface area contributed by atoms with Crippen LogP contribution in [-0.2, 0) is 6.54 Å². The van der Waals surface area contributed by atoms with E-state index in [1.54, 1.807) is 12.1 Å². The van der Waals surface area contributed by atoms with Crippen molar-refractivity contribution in [1.29, 1.82) is 0 Å². The van der Waals surface area contributed by atoms with Crippen molar-refractivity contribution in [3.05, 3.63) is 29.6 Å². The lowest BCUT2D eigenvalue weighted by molar-refractivity contribution is 0.619. The second-order valence-electron chi connectivity index (χ2n) is 4.37. The van der Waals surface area contributed by atoms with Crippen molar-refractivity contribution < 1.29 is 4.39 Å². The van der Waals surface area contributed by atoms with E-state index in [9.17, 15) is 4.39 Å². The molecule has 0 aromatic heterocycles. The average Bonchev–Trinajstić information content (AvgIpc) is 2.97. The zero-order valence-electron chi connectivity index (χ0n) is 9.26. The number of anilines is 1. The zero-order valence-corrected chi connectivity index (χ0v) is 9.26. The third kappa shape index (κ3) is 2.93. The molecule has 0 atom stereocenters. The predicted molar refractivity (Wildman–Crippen MR) is 60.6 cm³/mol. The molecule has 1 fully saturated rings. The van der Waals surface area contributed by atoms with Crippen molar-refractivity contribution in [2.75, 3.05) is 19.0 Å². The summed E-state index contributed by atoms with van der Waals surface area (Å²) in [7, 11) is 3.85. The Morgan fingerprint density at radius 1 is 1.33 bits per heavy atom. The molecule has 2 rings (SSSR count). The topological polar surface area (TPSA) is 15.3 Å². The molecule has 0 radical (unpaired) electrons. The molecular formula is C12H17FN2. The van der Waals surface area contributed by atoms with E-state index in [0.717, 1.165) is 17.8 Å². The standard InChI is InChI=1S/C12H17FN2/c1-15(2)12-6-9(5-10(13)7-12)8-14-11-3-4-11/h5-7,11,14H,3-4,8H2,1-2H3. The molecule has 0 amide bonds. The van der Waals surface area contributed by atoms with Crippen LogP contribution in [0.4, 0.5) is 10.1 Å². The van der Waals surface area contributed by atoms with Crippen molar-refractivity contribution >= 4 is 5.69 Å². The number of nitrogens with one attached hydrogen (secondary N) is 1. The van der Waals surface area contributed by atoms with Crippen molar-refractivity contribution in [2.24, 2.45) is 0 Å². The molecule has 2 nitrogen and oxygen atoms in total. The van der Waals surface area contributed by atoms with Crippen LogP contribution in [0.2, 0.25) is 0 Å². The summed E-state index contributed by atoms with van der Waals surface area (Å²) in [4.78, 5) is 1.92. The fourth-order valence-corrected chi connectivity index (χ4v) is 1.54. The van der Waals surface area contributed by atoms with Gasteiger partial charge in [0.15, 0.2) is 0 Å². The third-order valence-electron chi connectivity index (χ3n) is 2.63. The van der Waals surface area contributed by atoms with Crippen LogP contribution in [0.3, 0.4) is 0 Å². The van der Waals surface area contributed by atoms with E-state index in [0.29, 0.717) is 6.04 Å². The van der Waals surface area contributed by atoms with Gasteiger partial charge in [-0.05, 0) is 36.6 Å². The van der Waals surface area contributed by atoms with E-state index in [4.69, 9.17) is 0 Å². The fourth-order valence-electron chi connectivity index (χ4n) is 1.54. The molecule has 0 heterocycles. The van der Waals surface area contributed by atoms with E-state index in [1.807, 2.05) is 25.1 Å². The average molecular weight is 208 g/mol. The molecular weight excluding hydrogens is 191 g/mol. The maximum atomic E-state index is 13.3. The van der Waals surface area contributed by atoms with Crippen molar-refractivity contribution in [3.8, 4) is 0 Å². The minimum Gasteiger partial charge on any atom is -0.378 e. The van der Waals surface area contributed by atoms with Crippen LogP contribution in [0.15, 0.2) is 18.2 Å². The Labute approximate surface area is 90.1 Å². The van der Waals surface area contributed by atoms with Gasteiger partial charge in [-0.25, -0.2) is 4.39 Å². The third-order valence-corrected chi connectivity index (χ3v) is 2.63. The summed E-state index contributed by atoms with van der Waals surface area (Å²) >= 11 is 0. The van der Waals surface area contributed by atoms with E-state index in [2.05, 4.69) is 5.32 Å². The summed E-state index contributed by atoms with van der Waals surface area (Å²) in [6, 6.07) is 5.85. The van der Waals surface area contributed by atoms with Gasteiger partial charge in [0.2, 0.25) is 0 Å². The van der Waals surface area contributed by atoms with Gasteiger partial charge in [0.25, 0.3) is 0 Å². The Kier molecular flexibility index (Phi) is 2.91. The van der Waals surface area contributed by atoms with Gasteiger partial charge in [-0.15, -0.1) is 0 Å². The molecule has 0 unspecified atom stereocenters. The van der Waals surface area contributed by atoms with Gasteiger partial charge in [0.1, 0.15) is 5.82 Å². The molecule has 0 saturated heterocycles. The minimum absolute atomic E-state index is 0.159. The molecule has 0 spiro atoms. The Balaban J connectivity index is 2.07. The van der Waals surface area contributed by atoms with Gasteiger partial charge < -0.3 is 10.2 Å². The number of rotatable bonds is 4. The molecule has 1 aromatic rings. The van der Waals surface area contributed by atoms with Gasteiger partial charge in [-0.1, -0.05) is 0 Å². The smallest absolute Gasteiger partial charge is 0.125 e. The van der Waals surface area contributed by atoms with Gasteiger partial charge in [0, 0.05) is 32.4 Å². The molecule has 0 bridgehead atoms. The molecule has 82 valence electrons. The first-order valence-corrected chi connectivity index (χ1v) is 5.35. The summed E-state index contributed by atoms with van der Waals surface area (Å²) in [5, 5.41) is 3.38. The molecule has 1 aliphatic rings. The highest BCUT2D eigenvalue weighted by Crippen LogP contribution is 2.21. The van der Waals surface area contributed by atoms with Crippen LogP contribution in [0.1, 0.15) is 18.4 Å². The molecule has 1 saturated carbocycles. The molecule has 3 heteroatoms. The normalized spacial score (nSPS) is 15.4. The molecule has 1 aromatic carbocycles. The minimum atomic E-state index is -0.159. The van der Waals surface area contributed by atoms with Crippen LogP contribution in [0, 0.1) is 5.82 Å². The van der Waals surface area contributed by atoms with Crippen LogP contribution < -0.4 is 10.2 Å². The SMILES string of the molecule is CN(C)c1cc(F)cc(CNC2CC2)c1. The van der Waals surface area contributed by atoms with E-state index < -0.39 is 0 Å². The monoisotopic (exact) mass is 208 g/mol. The molecule has 1 aliphatic carbocycles. The van der Waals surface area contributed by atoms with Gasteiger partial charge in [0.05, 0.1) is 0 Å². The van der Waals surface area contributed by atoms with E-state index in [1.165, 1.54) is 12.8 Å². The summed E-state index contributed by atoms with van der Waals surface area (Å²) < 4.78 is 13.3. The summed E-state index contributed by atoms with van der Waals surface area (Å²) in [6.07, 6.45) is 2.52.